The van der Waals surface area contributed by atoms with Crippen molar-refractivity contribution in [2.75, 3.05) is 7.11 Å². The summed E-state index contributed by atoms with van der Waals surface area (Å²) in [6.45, 7) is 8.06. The minimum Gasteiger partial charge on any atom is -0.490 e. The Hall–Kier alpha value is -1.91. The molecule has 0 aromatic heterocycles. The van der Waals surface area contributed by atoms with Gasteiger partial charge in [-0.3, -0.25) is 0 Å². The lowest BCUT2D eigenvalue weighted by atomic mass is 10.1. The van der Waals surface area contributed by atoms with Gasteiger partial charge in [0.1, 0.15) is 0 Å². The second kappa shape index (κ2) is 9.28. The van der Waals surface area contributed by atoms with Crippen LogP contribution in [0, 0.1) is 0 Å². The predicted octanol–water partition coefficient (Wildman–Crippen LogP) is 4.53. The first-order valence-electron chi connectivity index (χ1n) is 8.21. The fourth-order valence-corrected chi connectivity index (χ4v) is 2.44. The molecule has 5 heteroatoms. The Balaban J connectivity index is 3.20. The van der Waals surface area contributed by atoms with E-state index in [1.807, 2.05) is 13.8 Å². The van der Waals surface area contributed by atoms with Crippen LogP contribution in [-0.4, -0.2) is 30.4 Å². The Kier molecular flexibility index (Phi) is 7.72. The molecule has 1 aromatic rings. The van der Waals surface area contributed by atoms with Crippen LogP contribution in [0.3, 0.4) is 0 Å². The lowest BCUT2D eigenvalue weighted by Crippen LogP contribution is -2.15. The van der Waals surface area contributed by atoms with Crippen LogP contribution >= 0.6 is 0 Å². The van der Waals surface area contributed by atoms with E-state index >= 15 is 0 Å². The van der Waals surface area contributed by atoms with Crippen molar-refractivity contribution < 1.29 is 24.1 Å². The average Bonchev–Trinajstić information content (AvgIpc) is 2.47. The number of hydrogen-bond acceptors (Lipinski definition) is 4. The number of carboxylic acid groups (broad SMARTS) is 1. The van der Waals surface area contributed by atoms with Crippen LogP contribution in [0.25, 0.3) is 0 Å². The zero-order chi connectivity index (χ0) is 17.4. The molecule has 0 saturated heterocycles. The highest BCUT2D eigenvalue weighted by molar-refractivity contribution is 5.89. The first-order chi connectivity index (χ1) is 10.9. The summed E-state index contributed by atoms with van der Waals surface area (Å²) >= 11 is 0. The number of methoxy groups -OCH3 is 1. The number of carbonyl (C=O) groups is 1. The summed E-state index contributed by atoms with van der Waals surface area (Å²) in [5, 5.41) is 9.32. The third-order valence-electron chi connectivity index (χ3n) is 3.52. The van der Waals surface area contributed by atoms with E-state index < -0.39 is 5.97 Å². The molecule has 0 spiro atoms. The number of hydrogen-bond donors (Lipinski definition) is 1. The third kappa shape index (κ3) is 5.66. The first kappa shape index (κ1) is 19.1. The molecule has 0 saturated carbocycles. The monoisotopic (exact) mass is 324 g/mol. The SMILES string of the molecule is CCCC(C)Oc1cc(C(=O)O)cc(OC(C)CCC)c1OC. The van der Waals surface area contributed by atoms with Gasteiger partial charge >= 0.3 is 5.97 Å². The molecule has 1 N–H and O–H groups in total. The summed E-state index contributed by atoms with van der Waals surface area (Å²) in [7, 11) is 1.53. The van der Waals surface area contributed by atoms with Gasteiger partial charge in [-0.25, -0.2) is 4.79 Å². The van der Waals surface area contributed by atoms with Crippen molar-refractivity contribution in [2.24, 2.45) is 0 Å². The molecule has 0 amide bonds. The van der Waals surface area contributed by atoms with E-state index in [1.165, 1.54) is 19.2 Å². The van der Waals surface area contributed by atoms with Gasteiger partial charge in [0.05, 0.1) is 24.9 Å². The van der Waals surface area contributed by atoms with E-state index in [4.69, 9.17) is 14.2 Å². The Morgan fingerprint density at radius 3 is 1.78 bits per heavy atom. The maximum atomic E-state index is 11.4. The van der Waals surface area contributed by atoms with Gasteiger partial charge in [-0.1, -0.05) is 26.7 Å². The van der Waals surface area contributed by atoms with Crippen molar-refractivity contribution in [1.29, 1.82) is 0 Å². The molecule has 0 heterocycles. The summed E-state index contributed by atoms with van der Waals surface area (Å²) in [6.07, 6.45) is 3.67. The van der Waals surface area contributed by atoms with Gasteiger partial charge in [0.15, 0.2) is 11.5 Å². The predicted molar refractivity (Wildman–Crippen MR) is 89.9 cm³/mol. The summed E-state index contributed by atoms with van der Waals surface area (Å²) < 4.78 is 17.2. The van der Waals surface area contributed by atoms with Crippen LogP contribution in [-0.2, 0) is 0 Å². The molecule has 1 rings (SSSR count). The second-order valence-corrected chi connectivity index (χ2v) is 5.75. The van der Waals surface area contributed by atoms with Crippen LogP contribution in [0.15, 0.2) is 12.1 Å². The summed E-state index contributed by atoms with van der Waals surface area (Å²) in [4.78, 5) is 11.4. The largest absolute Gasteiger partial charge is 0.490 e. The maximum absolute atomic E-state index is 11.4. The maximum Gasteiger partial charge on any atom is 0.335 e. The first-order valence-corrected chi connectivity index (χ1v) is 8.21. The number of rotatable bonds is 10. The molecule has 0 aliphatic heterocycles. The van der Waals surface area contributed by atoms with Gasteiger partial charge < -0.3 is 19.3 Å². The van der Waals surface area contributed by atoms with Crippen LogP contribution < -0.4 is 14.2 Å². The van der Waals surface area contributed by atoms with Crippen LogP contribution in [0.2, 0.25) is 0 Å². The molecule has 0 bridgehead atoms. The fraction of sp³-hybridized carbons (Fsp3) is 0.611. The van der Waals surface area contributed by atoms with Crippen molar-refractivity contribution in [3.8, 4) is 17.2 Å². The van der Waals surface area contributed by atoms with Crippen molar-refractivity contribution in [1.82, 2.24) is 0 Å². The molecule has 1 aromatic carbocycles. The Bertz CT molecular complexity index is 477. The van der Waals surface area contributed by atoms with Crippen molar-refractivity contribution >= 4 is 5.97 Å². The highest BCUT2D eigenvalue weighted by Gasteiger charge is 2.20. The van der Waals surface area contributed by atoms with Crippen LogP contribution in [0.5, 0.6) is 17.2 Å². The zero-order valence-corrected chi connectivity index (χ0v) is 14.7. The summed E-state index contributed by atoms with van der Waals surface area (Å²) in [5.41, 5.74) is 0.128. The quantitative estimate of drug-likeness (QED) is 0.685. The molecule has 0 radical (unpaired) electrons. The summed E-state index contributed by atoms with van der Waals surface area (Å²) in [5.74, 6) is 0.244. The summed E-state index contributed by atoms with van der Waals surface area (Å²) in [6, 6.07) is 2.98. The minimum atomic E-state index is -1.02. The van der Waals surface area contributed by atoms with E-state index in [0.717, 1.165) is 25.7 Å². The molecule has 5 nitrogen and oxygen atoms in total. The van der Waals surface area contributed by atoms with Gasteiger partial charge in [0.2, 0.25) is 5.75 Å². The second-order valence-electron chi connectivity index (χ2n) is 5.75. The van der Waals surface area contributed by atoms with Crippen LogP contribution in [0.4, 0.5) is 0 Å². The molecule has 23 heavy (non-hydrogen) atoms. The molecule has 130 valence electrons. The topological polar surface area (TPSA) is 65.0 Å². The third-order valence-corrected chi connectivity index (χ3v) is 3.52. The smallest absolute Gasteiger partial charge is 0.335 e. The zero-order valence-electron chi connectivity index (χ0n) is 14.7. The minimum absolute atomic E-state index is 0.0288. The highest BCUT2D eigenvalue weighted by atomic mass is 16.5. The number of ether oxygens (including phenoxy) is 3. The molecule has 0 aliphatic rings. The average molecular weight is 324 g/mol. The molecule has 0 fully saturated rings. The number of aromatic carboxylic acids is 1. The van der Waals surface area contributed by atoms with Gasteiger partial charge in [0, 0.05) is 0 Å². The van der Waals surface area contributed by atoms with E-state index in [2.05, 4.69) is 13.8 Å². The Labute approximate surface area is 138 Å². The van der Waals surface area contributed by atoms with Crippen molar-refractivity contribution in [3.05, 3.63) is 17.7 Å². The van der Waals surface area contributed by atoms with Gasteiger partial charge in [-0.05, 0) is 38.8 Å². The number of carboxylic acids is 1. The molecule has 2 atom stereocenters. The Morgan fingerprint density at radius 2 is 1.48 bits per heavy atom. The normalized spacial score (nSPS) is 13.3. The lowest BCUT2D eigenvalue weighted by molar-refractivity contribution is 0.0694. The Morgan fingerprint density at radius 1 is 1.04 bits per heavy atom. The number of benzene rings is 1. The van der Waals surface area contributed by atoms with E-state index in [1.54, 1.807) is 0 Å². The lowest BCUT2D eigenvalue weighted by Gasteiger charge is -2.21. The standard InChI is InChI=1S/C18H28O5/c1-6-8-12(3)22-15-10-14(18(19)20)11-16(17(15)21-5)23-13(4)9-7-2/h10-13H,6-9H2,1-5H3,(H,19,20). The highest BCUT2D eigenvalue weighted by Crippen LogP contribution is 2.40. The van der Waals surface area contributed by atoms with Gasteiger partial charge in [-0.2, -0.15) is 0 Å². The van der Waals surface area contributed by atoms with E-state index in [9.17, 15) is 9.90 Å². The molecule has 0 aliphatic carbocycles. The van der Waals surface area contributed by atoms with Crippen molar-refractivity contribution in [2.45, 2.75) is 65.6 Å². The van der Waals surface area contributed by atoms with Crippen LogP contribution in [0.1, 0.15) is 63.7 Å². The molecular formula is C18H28O5. The van der Waals surface area contributed by atoms with Crippen molar-refractivity contribution in [3.63, 3.8) is 0 Å². The van der Waals surface area contributed by atoms with E-state index in [-0.39, 0.29) is 17.8 Å². The fourth-order valence-electron chi connectivity index (χ4n) is 2.44. The van der Waals surface area contributed by atoms with Gasteiger partial charge in [0.25, 0.3) is 0 Å². The van der Waals surface area contributed by atoms with Gasteiger partial charge in [-0.15, -0.1) is 0 Å². The molecule has 2 unspecified atom stereocenters. The molecular weight excluding hydrogens is 296 g/mol. The van der Waals surface area contributed by atoms with E-state index in [0.29, 0.717) is 17.2 Å².